The summed E-state index contributed by atoms with van der Waals surface area (Å²) in [6.07, 6.45) is 0.914. The Kier molecular flexibility index (Phi) is 7.80. The number of nitrogens with zero attached hydrogens (tertiary/aromatic N) is 3. The minimum absolute atomic E-state index is 0.00659. The van der Waals surface area contributed by atoms with Gasteiger partial charge in [0.15, 0.2) is 0 Å². The number of benzene rings is 2. The number of nitrogens with one attached hydrogen (secondary N) is 1. The van der Waals surface area contributed by atoms with E-state index in [1.165, 1.54) is 5.56 Å². The smallest absolute Gasteiger partial charge is 0.254 e. The van der Waals surface area contributed by atoms with Crippen molar-refractivity contribution in [1.82, 2.24) is 20.0 Å². The lowest BCUT2D eigenvalue weighted by Gasteiger charge is -2.39. The van der Waals surface area contributed by atoms with E-state index in [2.05, 4.69) is 45.4 Å². The Bertz CT molecular complexity index is 1160. The predicted octanol–water partition coefficient (Wildman–Crippen LogP) is 3.98. The van der Waals surface area contributed by atoms with Gasteiger partial charge in [0.25, 0.3) is 5.91 Å². The standard InChI is InChI=1S/C29H34N4O2S/c1-31-27(25-13-7-20-36-25)26(23-11-5-6-12-24(23)29(31)35)28(34)30-14-8-15-32-16-18-33(19-17-32)21-22-9-3-2-4-10-22/h2-7,9-13,20,26-27H,8,14-19,21H2,1H3,(H,30,34)/t26-,27+/m1/s1. The zero-order valence-corrected chi connectivity index (χ0v) is 21.6. The van der Waals surface area contributed by atoms with Crippen molar-refractivity contribution in [2.24, 2.45) is 0 Å². The van der Waals surface area contributed by atoms with Gasteiger partial charge in [-0.15, -0.1) is 11.3 Å². The first kappa shape index (κ1) is 24.7. The van der Waals surface area contributed by atoms with Gasteiger partial charge < -0.3 is 15.1 Å². The SMILES string of the molecule is CN1C(=O)c2ccccc2[C@@H](C(=O)NCCCN2CCN(Cc3ccccc3)CC2)[C@@H]1c1cccs1. The van der Waals surface area contributed by atoms with Crippen LogP contribution in [-0.2, 0) is 11.3 Å². The molecule has 2 atom stereocenters. The minimum atomic E-state index is -0.413. The molecule has 0 saturated carbocycles. The van der Waals surface area contributed by atoms with Crippen LogP contribution in [0.15, 0.2) is 72.1 Å². The Morgan fingerprint density at radius 2 is 1.67 bits per heavy atom. The largest absolute Gasteiger partial charge is 0.355 e. The topological polar surface area (TPSA) is 55.9 Å². The van der Waals surface area contributed by atoms with E-state index in [9.17, 15) is 9.59 Å². The van der Waals surface area contributed by atoms with E-state index in [0.29, 0.717) is 12.1 Å². The zero-order valence-electron chi connectivity index (χ0n) is 20.8. The number of rotatable bonds is 8. The van der Waals surface area contributed by atoms with Crippen molar-refractivity contribution in [1.29, 1.82) is 0 Å². The fourth-order valence-electron chi connectivity index (χ4n) is 5.41. The summed E-state index contributed by atoms with van der Waals surface area (Å²) in [7, 11) is 1.81. The Morgan fingerprint density at radius 3 is 2.42 bits per heavy atom. The van der Waals surface area contributed by atoms with Crippen LogP contribution in [0.25, 0.3) is 0 Å². The van der Waals surface area contributed by atoms with Gasteiger partial charge >= 0.3 is 0 Å². The molecular weight excluding hydrogens is 468 g/mol. The summed E-state index contributed by atoms with van der Waals surface area (Å²) >= 11 is 1.59. The van der Waals surface area contributed by atoms with E-state index in [1.54, 1.807) is 23.3 Å². The summed E-state index contributed by atoms with van der Waals surface area (Å²) in [6, 6.07) is 21.9. The first-order valence-electron chi connectivity index (χ1n) is 12.8. The Labute approximate surface area is 217 Å². The highest BCUT2D eigenvalue weighted by Gasteiger charge is 2.42. The van der Waals surface area contributed by atoms with Crippen LogP contribution in [0.1, 0.15) is 44.7 Å². The van der Waals surface area contributed by atoms with E-state index in [1.807, 2.05) is 41.8 Å². The first-order valence-corrected chi connectivity index (χ1v) is 13.7. The van der Waals surface area contributed by atoms with Crippen LogP contribution in [0.3, 0.4) is 0 Å². The normalized spacial score (nSPS) is 20.8. The molecule has 0 unspecified atom stereocenters. The lowest BCUT2D eigenvalue weighted by Crippen LogP contribution is -2.47. The summed E-state index contributed by atoms with van der Waals surface area (Å²) < 4.78 is 0. The lowest BCUT2D eigenvalue weighted by molar-refractivity contribution is -0.124. The second kappa shape index (κ2) is 11.4. The van der Waals surface area contributed by atoms with Crippen molar-refractivity contribution in [2.75, 3.05) is 46.3 Å². The lowest BCUT2D eigenvalue weighted by atomic mass is 9.81. The fourth-order valence-corrected chi connectivity index (χ4v) is 6.31. The number of carbonyl (C=O) groups excluding carboxylic acids is 2. The molecule has 36 heavy (non-hydrogen) atoms. The van der Waals surface area contributed by atoms with E-state index >= 15 is 0 Å². The van der Waals surface area contributed by atoms with Crippen molar-refractivity contribution >= 4 is 23.2 Å². The number of hydrogen-bond acceptors (Lipinski definition) is 5. The highest BCUT2D eigenvalue weighted by molar-refractivity contribution is 7.10. The molecule has 0 aliphatic carbocycles. The molecule has 188 valence electrons. The molecule has 3 aromatic rings. The number of carbonyl (C=O) groups is 2. The Hall–Kier alpha value is -3.00. The molecule has 6 nitrogen and oxygen atoms in total. The maximum absolute atomic E-state index is 13.5. The molecule has 2 aliphatic rings. The zero-order chi connectivity index (χ0) is 24.9. The minimum Gasteiger partial charge on any atom is -0.355 e. The maximum atomic E-state index is 13.5. The Balaban J connectivity index is 1.15. The molecule has 5 rings (SSSR count). The van der Waals surface area contributed by atoms with E-state index in [4.69, 9.17) is 0 Å². The third-order valence-corrected chi connectivity index (χ3v) is 8.30. The quantitative estimate of drug-likeness (QED) is 0.474. The summed E-state index contributed by atoms with van der Waals surface area (Å²) in [5.74, 6) is -0.448. The molecule has 7 heteroatoms. The number of amides is 2. The van der Waals surface area contributed by atoms with Crippen molar-refractivity contribution in [3.8, 4) is 0 Å². The van der Waals surface area contributed by atoms with Crippen LogP contribution in [0, 0.1) is 0 Å². The highest BCUT2D eigenvalue weighted by Crippen LogP contribution is 2.43. The van der Waals surface area contributed by atoms with Crippen LogP contribution < -0.4 is 5.32 Å². The molecule has 2 amide bonds. The van der Waals surface area contributed by atoms with Crippen LogP contribution in [0.5, 0.6) is 0 Å². The summed E-state index contributed by atoms with van der Waals surface area (Å²) in [6.45, 7) is 6.89. The third-order valence-electron chi connectivity index (χ3n) is 7.36. The van der Waals surface area contributed by atoms with E-state index < -0.39 is 5.92 Å². The average molecular weight is 503 g/mol. The molecule has 1 saturated heterocycles. The molecule has 2 aromatic carbocycles. The van der Waals surface area contributed by atoms with Crippen LogP contribution in [0.4, 0.5) is 0 Å². The van der Waals surface area contributed by atoms with Crippen LogP contribution in [-0.4, -0.2) is 72.8 Å². The molecule has 1 N–H and O–H groups in total. The molecule has 2 aliphatic heterocycles. The van der Waals surface area contributed by atoms with Crippen LogP contribution in [0.2, 0.25) is 0 Å². The summed E-state index contributed by atoms with van der Waals surface area (Å²) in [4.78, 5) is 34.3. The average Bonchev–Trinajstić information content (AvgIpc) is 3.44. The van der Waals surface area contributed by atoms with Crippen LogP contribution >= 0.6 is 11.3 Å². The van der Waals surface area contributed by atoms with Crippen molar-refractivity contribution < 1.29 is 9.59 Å². The van der Waals surface area contributed by atoms with Gasteiger partial charge in [0, 0.05) is 56.8 Å². The molecule has 0 spiro atoms. The summed E-state index contributed by atoms with van der Waals surface area (Å²) in [5, 5.41) is 5.19. The first-order chi connectivity index (χ1) is 17.6. The maximum Gasteiger partial charge on any atom is 0.254 e. The molecular formula is C29H34N4O2S. The van der Waals surface area contributed by atoms with Gasteiger partial charge in [-0.05, 0) is 41.6 Å². The number of likely N-dealkylation sites (N-methyl/N-ethyl adjacent to an activating group) is 1. The van der Waals surface area contributed by atoms with Crippen molar-refractivity contribution in [2.45, 2.75) is 24.9 Å². The predicted molar refractivity (Wildman–Crippen MR) is 144 cm³/mol. The number of fused-ring (bicyclic) bond motifs is 1. The second-order valence-corrected chi connectivity index (χ2v) is 10.7. The Morgan fingerprint density at radius 1 is 0.944 bits per heavy atom. The molecule has 3 heterocycles. The number of thiophene rings is 1. The summed E-state index contributed by atoms with van der Waals surface area (Å²) in [5.41, 5.74) is 2.82. The van der Waals surface area contributed by atoms with Gasteiger partial charge in [-0.25, -0.2) is 0 Å². The van der Waals surface area contributed by atoms with E-state index in [-0.39, 0.29) is 17.9 Å². The van der Waals surface area contributed by atoms with Gasteiger partial charge in [0.05, 0.1) is 12.0 Å². The van der Waals surface area contributed by atoms with Gasteiger partial charge in [-0.3, -0.25) is 14.5 Å². The number of piperazine rings is 1. The number of hydrogen-bond donors (Lipinski definition) is 1. The third kappa shape index (κ3) is 5.38. The van der Waals surface area contributed by atoms with Gasteiger partial charge in [-0.2, -0.15) is 0 Å². The molecule has 0 radical (unpaired) electrons. The van der Waals surface area contributed by atoms with E-state index in [0.717, 1.165) is 56.1 Å². The van der Waals surface area contributed by atoms with Crippen molar-refractivity contribution in [3.63, 3.8) is 0 Å². The fraction of sp³-hybridized carbons (Fsp3) is 0.379. The monoisotopic (exact) mass is 502 g/mol. The molecule has 0 bridgehead atoms. The highest BCUT2D eigenvalue weighted by atomic mass is 32.1. The van der Waals surface area contributed by atoms with Crippen molar-refractivity contribution in [3.05, 3.63) is 93.7 Å². The van der Waals surface area contributed by atoms with Gasteiger partial charge in [0.2, 0.25) is 5.91 Å². The van der Waals surface area contributed by atoms with Gasteiger partial charge in [0.1, 0.15) is 0 Å². The molecule has 1 fully saturated rings. The van der Waals surface area contributed by atoms with Gasteiger partial charge in [-0.1, -0.05) is 54.6 Å². The molecule has 1 aromatic heterocycles. The second-order valence-electron chi connectivity index (χ2n) is 9.69.